The Bertz CT molecular complexity index is 483. The van der Waals surface area contributed by atoms with Crippen LogP contribution >= 0.6 is 0 Å². The predicted molar refractivity (Wildman–Crippen MR) is 67.8 cm³/mol. The van der Waals surface area contributed by atoms with E-state index in [1.165, 1.54) is 0 Å². The van der Waals surface area contributed by atoms with Gasteiger partial charge in [0, 0.05) is 18.1 Å². The second-order valence-electron chi connectivity index (χ2n) is 4.70. The molecule has 1 heterocycles. The molecule has 1 aromatic rings. The van der Waals surface area contributed by atoms with Crippen molar-refractivity contribution in [2.45, 2.75) is 19.3 Å². The molecule has 2 aliphatic rings. The van der Waals surface area contributed by atoms with Crippen LogP contribution in [-0.4, -0.2) is 19.1 Å². The highest BCUT2D eigenvalue weighted by Crippen LogP contribution is 2.37. The van der Waals surface area contributed by atoms with Gasteiger partial charge in [-0.15, -0.1) is 0 Å². The molecular formula is C13H16N2O3. The first-order valence-electron chi connectivity index (χ1n) is 6.24. The summed E-state index contributed by atoms with van der Waals surface area (Å²) in [5.74, 6) is 1.46. The van der Waals surface area contributed by atoms with Crippen molar-refractivity contribution in [3.8, 4) is 11.5 Å². The number of ether oxygens (including phenoxy) is 2. The van der Waals surface area contributed by atoms with E-state index in [-0.39, 0.29) is 11.8 Å². The Balaban J connectivity index is 1.80. The molecule has 96 valence electrons. The Hall–Kier alpha value is -1.91. The summed E-state index contributed by atoms with van der Waals surface area (Å²) in [5, 5.41) is 2.86. The number of rotatable bonds is 2. The molecule has 0 unspecified atom stereocenters. The summed E-state index contributed by atoms with van der Waals surface area (Å²) in [5.41, 5.74) is 7.02. The van der Waals surface area contributed by atoms with E-state index in [9.17, 15) is 4.79 Å². The number of nitrogen functional groups attached to an aromatic ring is 1. The molecule has 3 rings (SSSR count). The van der Waals surface area contributed by atoms with Crippen molar-refractivity contribution in [1.82, 2.24) is 0 Å². The van der Waals surface area contributed by atoms with Crippen LogP contribution in [0.25, 0.3) is 0 Å². The minimum atomic E-state index is 0.0460. The van der Waals surface area contributed by atoms with E-state index in [1.807, 2.05) is 0 Å². The highest BCUT2D eigenvalue weighted by molar-refractivity contribution is 5.96. The van der Waals surface area contributed by atoms with E-state index in [0.717, 1.165) is 19.3 Å². The van der Waals surface area contributed by atoms with Crippen LogP contribution in [0.2, 0.25) is 0 Å². The Labute approximate surface area is 105 Å². The smallest absolute Gasteiger partial charge is 0.227 e. The third kappa shape index (κ3) is 1.96. The first kappa shape index (κ1) is 11.2. The van der Waals surface area contributed by atoms with Crippen LogP contribution in [0.1, 0.15) is 19.3 Å². The van der Waals surface area contributed by atoms with E-state index in [1.54, 1.807) is 12.1 Å². The quantitative estimate of drug-likeness (QED) is 0.782. The lowest BCUT2D eigenvalue weighted by atomic mass is 9.85. The van der Waals surface area contributed by atoms with Crippen molar-refractivity contribution in [3.63, 3.8) is 0 Å². The van der Waals surface area contributed by atoms with Crippen molar-refractivity contribution >= 4 is 17.3 Å². The zero-order chi connectivity index (χ0) is 12.5. The molecule has 1 amide bonds. The number of anilines is 2. The molecule has 1 aliphatic heterocycles. The zero-order valence-corrected chi connectivity index (χ0v) is 10.1. The van der Waals surface area contributed by atoms with Crippen LogP contribution in [-0.2, 0) is 4.79 Å². The Morgan fingerprint density at radius 3 is 2.50 bits per heavy atom. The van der Waals surface area contributed by atoms with Gasteiger partial charge in [-0.05, 0) is 12.8 Å². The highest BCUT2D eigenvalue weighted by atomic mass is 16.6. The van der Waals surface area contributed by atoms with Crippen molar-refractivity contribution in [2.75, 3.05) is 24.3 Å². The van der Waals surface area contributed by atoms with Crippen LogP contribution in [0.5, 0.6) is 11.5 Å². The van der Waals surface area contributed by atoms with Gasteiger partial charge in [-0.3, -0.25) is 4.79 Å². The summed E-state index contributed by atoms with van der Waals surface area (Å²) in [6, 6.07) is 3.44. The van der Waals surface area contributed by atoms with Gasteiger partial charge >= 0.3 is 0 Å². The van der Waals surface area contributed by atoms with Gasteiger partial charge < -0.3 is 20.5 Å². The fourth-order valence-electron chi connectivity index (χ4n) is 2.12. The summed E-state index contributed by atoms with van der Waals surface area (Å²) < 4.78 is 10.9. The maximum Gasteiger partial charge on any atom is 0.227 e. The lowest BCUT2D eigenvalue weighted by molar-refractivity contribution is -0.122. The molecule has 1 saturated carbocycles. The van der Waals surface area contributed by atoms with Gasteiger partial charge in [0.15, 0.2) is 11.5 Å². The van der Waals surface area contributed by atoms with Gasteiger partial charge in [-0.25, -0.2) is 0 Å². The number of nitrogens with one attached hydrogen (secondary N) is 1. The molecule has 5 heteroatoms. The average Bonchev–Trinajstić information content (AvgIpc) is 2.27. The second-order valence-corrected chi connectivity index (χ2v) is 4.70. The fraction of sp³-hybridized carbons (Fsp3) is 0.462. The van der Waals surface area contributed by atoms with E-state index < -0.39 is 0 Å². The largest absolute Gasteiger partial charge is 0.486 e. The summed E-state index contributed by atoms with van der Waals surface area (Å²) in [6.45, 7) is 1.05. The normalized spacial score (nSPS) is 18.0. The molecule has 1 aliphatic carbocycles. The maximum absolute atomic E-state index is 11.9. The molecule has 1 aromatic carbocycles. The molecule has 0 atom stereocenters. The van der Waals surface area contributed by atoms with Crippen LogP contribution < -0.4 is 20.5 Å². The number of carbonyl (C=O) groups excluding carboxylic acids is 1. The standard InChI is InChI=1S/C13H16N2O3/c14-9-6-11-12(18-5-4-17-11)7-10(9)15-13(16)8-2-1-3-8/h6-8H,1-5,14H2,(H,15,16). The van der Waals surface area contributed by atoms with Gasteiger partial charge in [0.1, 0.15) is 13.2 Å². The lowest BCUT2D eigenvalue weighted by Crippen LogP contribution is -2.28. The van der Waals surface area contributed by atoms with Crippen molar-refractivity contribution in [2.24, 2.45) is 5.92 Å². The minimum Gasteiger partial charge on any atom is -0.486 e. The first-order chi connectivity index (χ1) is 8.74. The first-order valence-corrected chi connectivity index (χ1v) is 6.24. The molecule has 0 bridgehead atoms. The van der Waals surface area contributed by atoms with E-state index in [4.69, 9.17) is 15.2 Å². The van der Waals surface area contributed by atoms with E-state index in [2.05, 4.69) is 5.32 Å². The molecule has 5 nitrogen and oxygen atoms in total. The molecule has 0 radical (unpaired) electrons. The minimum absolute atomic E-state index is 0.0460. The molecule has 0 aromatic heterocycles. The molecule has 0 saturated heterocycles. The molecule has 3 N–H and O–H groups in total. The molecule has 0 spiro atoms. The zero-order valence-electron chi connectivity index (χ0n) is 10.1. The number of nitrogens with two attached hydrogens (primary N) is 1. The Morgan fingerprint density at radius 2 is 1.89 bits per heavy atom. The average molecular weight is 248 g/mol. The SMILES string of the molecule is Nc1cc2c(cc1NC(=O)C1CCC1)OCCO2. The van der Waals surface area contributed by atoms with Crippen molar-refractivity contribution in [1.29, 1.82) is 0 Å². The predicted octanol–water partition coefficient (Wildman–Crippen LogP) is 1.78. The Kier molecular flexibility index (Phi) is 2.74. The highest BCUT2D eigenvalue weighted by Gasteiger charge is 2.26. The number of amides is 1. The third-order valence-electron chi connectivity index (χ3n) is 3.45. The van der Waals surface area contributed by atoms with Crippen molar-refractivity contribution in [3.05, 3.63) is 12.1 Å². The van der Waals surface area contributed by atoms with Gasteiger partial charge in [0.05, 0.1) is 11.4 Å². The van der Waals surface area contributed by atoms with Gasteiger partial charge in [0.2, 0.25) is 5.91 Å². The number of fused-ring (bicyclic) bond motifs is 1. The van der Waals surface area contributed by atoms with Crippen LogP contribution in [0.15, 0.2) is 12.1 Å². The summed E-state index contributed by atoms with van der Waals surface area (Å²) >= 11 is 0. The third-order valence-corrected chi connectivity index (χ3v) is 3.45. The number of hydrogen-bond donors (Lipinski definition) is 2. The monoisotopic (exact) mass is 248 g/mol. The lowest BCUT2D eigenvalue weighted by Gasteiger charge is -2.25. The summed E-state index contributed by atoms with van der Waals surface area (Å²) in [6.07, 6.45) is 3.07. The van der Waals surface area contributed by atoms with Crippen LogP contribution in [0.4, 0.5) is 11.4 Å². The van der Waals surface area contributed by atoms with Gasteiger partial charge in [0.25, 0.3) is 0 Å². The topological polar surface area (TPSA) is 73.6 Å². The van der Waals surface area contributed by atoms with E-state index >= 15 is 0 Å². The number of carbonyl (C=O) groups is 1. The summed E-state index contributed by atoms with van der Waals surface area (Å²) in [7, 11) is 0. The molecular weight excluding hydrogens is 232 g/mol. The molecule has 18 heavy (non-hydrogen) atoms. The van der Waals surface area contributed by atoms with Crippen molar-refractivity contribution < 1.29 is 14.3 Å². The second kappa shape index (κ2) is 4.40. The van der Waals surface area contributed by atoms with E-state index in [0.29, 0.717) is 36.1 Å². The van der Waals surface area contributed by atoms with Gasteiger partial charge in [-0.1, -0.05) is 6.42 Å². The fourth-order valence-corrected chi connectivity index (χ4v) is 2.12. The summed E-state index contributed by atoms with van der Waals surface area (Å²) in [4.78, 5) is 11.9. The number of benzene rings is 1. The van der Waals surface area contributed by atoms with Crippen LogP contribution in [0, 0.1) is 5.92 Å². The van der Waals surface area contributed by atoms with Gasteiger partial charge in [-0.2, -0.15) is 0 Å². The maximum atomic E-state index is 11.9. The molecule has 1 fully saturated rings. The Morgan fingerprint density at radius 1 is 1.22 bits per heavy atom. The number of hydrogen-bond acceptors (Lipinski definition) is 4. The van der Waals surface area contributed by atoms with Crippen LogP contribution in [0.3, 0.4) is 0 Å².